The topological polar surface area (TPSA) is 85.1 Å². The van der Waals surface area contributed by atoms with Gasteiger partial charge in [-0.05, 0) is 55.3 Å². The first-order valence-corrected chi connectivity index (χ1v) is 8.57. The Balaban J connectivity index is 1.72. The minimum absolute atomic E-state index is 0.117. The molecule has 134 valence electrons. The number of hydrogen-bond acceptors (Lipinski definition) is 6. The van der Waals surface area contributed by atoms with Crippen molar-refractivity contribution < 1.29 is 4.79 Å². The van der Waals surface area contributed by atoms with Crippen LogP contribution in [0, 0.1) is 6.92 Å². The Hall–Kier alpha value is -3.61. The number of nitrogens with one attached hydrogen (secondary N) is 1. The highest BCUT2D eigenvalue weighted by Crippen LogP contribution is 2.25. The summed E-state index contributed by atoms with van der Waals surface area (Å²) in [6, 6.07) is 9.62. The summed E-state index contributed by atoms with van der Waals surface area (Å²) in [6.45, 7) is 3.43. The van der Waals surface area contributed by atoms with Gasteiger partial charge in [0.05, 0.1) is 5.52 Å². The summed E-state index contributed by atoms with van der Waals surface area (Å²) in [5, 5.41) is 7.52. The number of carbonyl (C=O) groups excluding carboxylic acids is 1. The van der Waals surface area contributed by atoms with Gasteiger partial charge < -0.3 is 5.32 Å². The Morgan fingerprint density at radius 1 is 1.04 bits per heavy atom. The average Bonchev–Trinajstić information content (AvgIpc) is 3.10. The summed E-state index contributed by atoms with van der Waals surface area (Å²) in [4.78, 5) is 24.4. The summed E-state index contributed by atoms with van der Waals surface area (Å²) in [6.07, 6.45) is 7.50. The second kappa shape index (κ2) is 6.95. The molecule has 0 aliphatic heterocycles. The molecule has 7 heteroatoms. The van der Waals surface area contributed by atoms with Crippen LogP contribution in [0.3, 0.4) is 0 Å². The van der Waals surface area contributed by atoms with Crippen LogP contribution in [0.1, 0.15) is 18.3 Å². The van der Waals surface area contributed by atoms with Crippen LogP contribution in [0.2, 0.25) is 0 Å². The van der Waals surface area contributed by atoms with Crippen molar-refractivity contribution in [3.8, 4) is 11.1 Å². The first-order valence-electron chi connectivity index (χ1n) is 8.57. The molecule has 0 aliphatic rings. The monoisotopic (exact) mass is 358 g/mol. The molecule has 0 atom stereocenters. The molecule has 1 N–H and O–H groups in total. The SMILES string of the molecule is CC(=O)Cc1cc(-c2ccnc(Nc3ccnc(C)n3)c2)cn2nccc12. The molecule has 0 amide bonds. The number of Topliss-reactive ketones (excluding diaryl/α,β-unsaturated/α-hetero) is 1. The van der Waals surface area contributed by atoms with Gasteiger partial charge in [0.1, 0.15) is 23.2 Å². The van der Waals surface area contributed by atoms with Crippen LogP contribution in [0.15, 0.2) is 55.1 Å². The van der Waals surface area contributed by atoms with E-state index in [9.17, 15) is 4.79 Å². The number of rotatable bonds is 5. The molecular formula is C20H18N6O. The Morgan fingerprint density at radius 3 is 2.70 bits per heavy atom. The first kappa shape index (κ1) is 16.8. The zero-order valence-corrected chi connectivity index (χ0v) is 15.0. The van der Waals surface area contributed by atoms with Crippen LogP contribution in [0.5, 0.6) is 0 Å². The van der Waals surface area contributed by atoms with Gasteiger partial charge in [0, 0.05) is 36.8 Å². The van der Waals surface area contributed by atoms with E-state index in [1.54, 1.807) is 36.1 Å². The van der Waals surface area contributed by atoms with Gasteiger partial charge in [-0.1, -0.05) is 0 Å². The van der Waals surface area contributed by atoms with E-state index in [1.165, 1.54) is 0 Å². The third-order valence-corrected chi connectivity index (χ3v) is 4.16. The molecule has 0 unspecified atom stereocenters. The summed E-state index contributed by atoms with van der Waals surface area (Å²) < 4.78 is 1.80. The third-order valence-electron chi connectivity index (χ3n) is 4.16. The van der Waals surface area contributed by atoms with Gasteiger partial charge in [-0.2, -0.15) is 5.10 Å². The van der Waals surface area contributed by atoms with Gasteiger partial charge in [0.15, 0.2) is 0 Å². The summed E-state index contributed by atoms with van der Waals surface area (Å²) in [5.74, 6) is 2.17. The predicted octanol–water partition coefficient (Wildman–Crippen LogP) is 3.37. The normalized spacial score (nSPS) is 10.9. The lowest BCUT2D eigenvalue weighted by molar-refractivity contribution is -0.116. The van der Waals surface area contributed by atoms with Gasteiger partial charge in [0.25, 0.3) is 0 Å². The maximum atomic E-state index is 11.6. The quantitative estimate of drug-likeness (QED) is 0.589. The smallest absolute Gasteiger partial charge is 0.135 e. The van der Waals surface area contributed by atoms with E-state index in [0.717, 1.165) is 22.2 Å². The number of ketones is 1. The molecule has 0 saturated heterocycles. The number of anilines is 2. The molecule has 0 saturated carbocycles. The molecule has 0 aromatic carbocycles. The lowest BCUT2D eigenvalue weighted by atomic mass is 10.0. The van der Waals surface area contributed by atoms with Gasteiger partial charge >= 0.3 is 0 Å². The molecule has 4 aromatic heterocycles. The van der Waals surface area contributed by atoms with E-state index < -0.39 is 0 Å². The number of aromatic nitrogens is 5. The van der Waals surface area contributed by atoms with Gasteiger partial charge in [-0.15, -0.1) is 0 Å². The number of fused-ring (bicyclic) bond motifs is 1. The molecule has 0 spiro atoms. The van der Waals surface area contributed by atoms with Gasteiger partial charge in [-0.25, -0.2) is 19.5 Å². The van der Waals surface area contributed by atoms with Crippen molar-refractivity contribution in [2.24, 2.45) is 0 Å². The standard InChI is InChI=1S/C20H18N6O/c1-13(27)9-16-10-17(12-26-18(16)4-8-23-26)15-3-6-22-20(11-15)25-19-5-7-21-14(2)24-19/h3-8,10-12H,9H2,1-2H3,(H,21,22,24,25). The Labute approximate surface area is 156 Å². The molecule has 0 bridgehead atoms. The zero-order valence-electron chi connectivity index (χ0n) is 15.0. The molecule has 7 nitrogen and oxygen atoms in total. The average molecular weight is 358 g/mol. The largest absolute Gasteiger partial charge is 0.325 e. The summed E-state index contributed by atoms with van der Waals surface area (Å²) >= 11 is 0. The maximum Gasteiger partial charge on any atom is 0.135 e. The molecular weight excluding hydrogens is 340 g/mol. The van der Waals surface area contributed by atoms with Crippen LogP contribution < -0.4 is 5.32 Å². The molecule has 0 aliphatic carbocycles. The predicted molar refractivity (Wildman–Crippen MR) is 103 cm³/mol. The Bertz CT molecular complexity index is 1130. The molecule has 0 radical (unpaired) electrons. The van der Waals surface area contributed by atoms with Crippen LogP contribution in [-0.2, 0) is 11.2 Å². The molecule has 27 heavy (non-hydrogen) atoms. The number of pyridine rings is 2. The van der Waals surface area contributed by atoms with Crippen LogP contribution in [0.4, 0.5) is 11.6 Å². The highest BCUT2D eigenvalue weighted by Gasteiger charge is 2.10. The van der Waals surface area contributed by atoms with Crippen molar-refractivity contribution >= 4 is 22.9 Å². The fourth-order valence-corrected chi connectivity index (χ4v) is 3.01. The summed E-state index contributed by atoms with van der Waals surface area (Å²) in [7, 11) is 0. The van der Waals surface area contributed by atoms with E-state index in [4.69, 9.17) is 0 Å². The van der Waals surface area contributed by atoms with Crippen molar-refractivity contribution in [3.63, 3.8) is 0 Å². The number of aryl methyl sites for hydroxylation is 1. The second-order valence-corrected chi connectivity index (χ2v) is 6.34. The Morgan fingerprint density at radius 2 is 1.89 bits per heavy atom. The highest BCUT2D eigenvalue weighted by molar-refractivity contribution is 5.82. The van der Waals surface area contributed by atoms with Crippen molar-refractivity contribution in [1.82, 2.24) is 24.6 Å². The molecule has 4 rings (SSSR count). The Kier molecular flexibility index (Phi) is 4.33. The lowest BCUT2D eigenvalue weighted by Gasteiger charge is -2.10. The third kappa shape index (κ3) is 3.67. The first-order chi connectivity index (χ1) is 13.1. The van der Waals surface area contributed by atoms with Crippen molar-refractivity contribution in [2.45, 2.75) is 20.3 Å². The fraction of sp³-hybridized carbons (Fsp3) is 0.150. The van der Waals surface area contributed by atoms with E-state index in [2.05, 4.69) is 25.4 Å². The van der Waals surface area contributed by atoms with Crippen LogP contribution in [-0.4, -0.2) is 30.3 Å². The van der Waals surface area contributed by atoms with Crippen LogP contribution in [0.25, 0.3) is 16.6 Å². The molecule has 0 fully saturated rings. The van der Waals surface area contributed by atoms with E-state index in [0.29, 0.717) is 23.9 Å². The minimum atomic E-state index is 0.117. The summed E-state index contributed by atoms with van der Waals surface area (Å²) in [5.41, 5.74) is 3.83. The molecule has 4 heterocycles. The minimum Gasteiger partial charge on any atom is -0.325 e. The maximum absolute atomic E-state index is 11.6. The lowest BCUT2D eigenvalue weighted by Crippen LogP contribution is -2.01. The van der Waals surface area contributed by atoms with E-state index >= 15 is 0 Å². The van der Waals surface area contributed by atoms with Gasteiger partial charge in [0.2, 0.25) is 0 Å². The second-order valence-electron chi connectivity index (χ2n) is 6.34. The molecule has 4 aromatic rings. The zero-order chi connectivity index (χ0) is 18.8. The van der Waals surface area contributed by atoms with Crippen molar-refractivity contribution in [3.05, 3.63) is 66.5 Å². The fourth-order valence-electron chi connectivity index (χ4n) is 3.01. The van der Waals surface area contributed by atoms with Crippen molar-refractivity contribution in [2.75, 3.05) is 5.32 Å². The van der Waals surface area contributed by atoms with Gasteiger partial charge in [-0.3, -0.25) is 4.79 Å². The van der Waals surface area contributed by atoms with E-state index in [1.807, 2.05) is 37.4 Å². The number of hydrogen-bond donors (Lipinski definition) is 1. The van der Waals surface area contributed by atoms with Crippen molar-refractivity contribution in [1.29, 1.82) is 0 Å². The number of nitrogens with zero attached hydrogens (tertiary/aromatic N) is 5. The van der Waals surface area contributed by atoms with E-state index in [-0.39, 0.29) is 5.78 Å². The van der Waals surface area contributed by atoms with Crippen LogP contribution >= 0.6 is 0 Å². The number of carbonyl (C=O) groups is 1. The highest BCUT2D eigenvalue weighted by atomic mass is 16.1.